The van der Waals surface area contributed by atoms with Gasteiger partial charge in [0.15, 0.2) is 0 Å². The molecule has 0 saturated heterocycles. The molecule has 0 bridgehead atoms. The summed E-state index contributed by atoms with van der Waals surface area (Å²) in [5.41, 5.74) is -1.35. The van der Waals surface area contributed by atoms with Gasteiger partial charge in [-0.15, -0.1) is 0 Å². The molecule has 0 spiro atoms. The number of rotatable bonds is 2. The Labute approximate surface area is 87.1 Å². The minimum absolute atomic E-state index is 0.379. The van der Waals surface area contributed by atoms with Crippen molar-refractivity contribution in [2.24, 2.45) is 0 Å². The number of nitriles is 1. The predicted molar refractivity (Wildman–Crippen MR) is 45.6 cm³/mol. The normalized spacial score (nSPS) is 10.1. The molecule has 1 aromatic rings. The molecule has 1 rings (SSSR count). The molecule has 0 aromatic carbocycles. The van der Waals surface area contributed by atoms with Crippen molar-refractivity contribution in [3.8, 4) is 6.07 Å². The average molecular weight is 234 g/mol. The largest absolute Gasteiger partial charge is 0.375 e. The van der Waals surface area contributed by atoms with Crippen LogP contribution >= 0.6 is 11.6 Å². The Morgan fingerprint density at radius 1 is 1.67 bits per heavy atom. The van der Waals surface area contributed by atoms with Crippen molar-refractivity contribution in [3.63, 3.8) is 0 Å². The monoisotopic (exact) mass is 233 g/mol. The maximum Gasteiger partial charge on any atom is 0.375 e. The van der Waals surface area contributed by atoms with E-state index < -0.39 is 27.8 Å². The highest BCUT2D eigenvalue weighted by Gasteiger charge is 2.28. The van der Waals surface area contributed by atoms with E-state index in [9.17, 15) is 18.9 Å². The summed E-state index contributed by atoms with van der Waals surface area (Å²) in [7, 11) is 0. The SMILES string of the molecule is N#Cc1cc(Cl)c(C(F)F)c([N+](=O)[O-])n1. The first-order chi connectivity index (χ1) is 6.97. The van der Waals surface area contributed by atoms with E-state index in [0.29, 0.717) is 0 Å². The standard InChI is InChI=1S/C7H2ClF2N3O2/c8-4-1-3(2-11)12-7(13(14)15)5(4)6(9)10/h1,6H. The van der Waals surface area contributed by atoms with Crippen LogP contribution in [0.25, 0.3) is 0 Å². The third-order valence-corrected chi connectivity index (χ3v) is 1.81. The second-order valence-electron chi connectivity index (χ2n) is 2.40. The first-order valence-electron chi connectivity index (χ1n) is 3.50. The molecule has 0 fully saturated rings. The van der Waals surface area contributed by atoms with Crippen molar-refractivity contribution in [3.05, 3.63) is 32.5 Å². The van der Waals surface area contributed by atoms with Gasteiger partial charge in [-0.2, -0.15) is 5.26 Å². The second-order valence-corrected chi connectivity index (χ2v) is 2.80. The first-order valence-corrected chi connectivity index (χ1v) is 3.88. The van der Waals surface area contributed by atoms with Crippen molar-refractivity contribution in [1.82, 2.24) is 4.98 Å². The lowest BCUT2D eigenvalue weighted by Crippen LogP contribution is -2.01. The third kappa shape index (κ3) is 2.16. The fourth-order valence-corrected chi connectivity index (χ4v) is 1.18. The molecule has 0 saturated carbocycles. The van der Waals surface area contributed by atoms with Crippen LogP contribution in [0.1, 0.15) is 17.7 Å². The van der Waals surface area contributed by atoms with E-state index >= 15 is 0 Å². The Morgan fingerprint density at radius 2 is 2.27 bits per heavy atom. The molecule has 0 N–H and O–H groups in total. The Kier molecular flexibility index (Phi) is 3.11. The summed E-state index contributed by atoms with van der Waals surface area (Å²) in [4.78, 5) is 12.4. The summed E-state index contributed by atoms with van der Waals surface area (Å²) in [5, 5.41) is 18.3. The highest BCUT2D eigenvalue weighted by molar-refractivity contribution is 6.31. The maximum atomic E-state index is 12.4. The van der Waals surface area contributed by atoms with E-state index in [1.54, 1.807) is 0 Å². The molecule has 0 unspecified atom stereocenters. The Hall–Kier alpha value is -1.81. The molecule has 1 aromatic heterocycles. The Balaban J connectivity index is 3.51. The van der Waals surface area contributed by atoms with Gasteiger partial charge in [-0.1, -0.05) is 11.6 Å². The zero-order valence-corrected chi connectivity index (χ0v) is 7.70. The molecular formula is C7H2ClF2N3O2. The quantitative estimate of drug-likeness (QED) is 0.580. The average Bonchev–Trinajstić information content (AvgIpc) is 2.15. The van der Waals surface area contributed by atoms with Crippen LogP contribution in [0.3, 0.4) is 0 Å². The number of pyridine rings is 1. The fourth-order valence-electron chi connectivity index (χ4n) is 0.909. The predicted octanol–water partition coefficient (Wildman–Crippen LogP) is 2.45. The first kappa shape index (κ1) is 11.3. The summed E-state index contributed by atoms with van der Waals surface area (Å²) in [5.74, 6) is -1.09. The third-order valence-electron chi connectivity index (χ3n) is 1.49. The van der Waals surface area contributed by atoms with Crippen molar-refractivity contribution >= 4 is 17.4 Å². The highest BCUT2D eigenvalue weighted by Crippen LogP contribution is 2.33. The molecule has 0 aliphatic carbocycles. The van der Waals surface area contributed by atoms with Gasteiger partial charge in [-0.3, -0.25) is 0 Å². The molecule has 0 amide bonds. The lowest BCUT2D eigenvalue weighted by Gasteiger charge is -2.02. The zero-order chi connectivity index (χ0) is 11.6. The van der Waals surface area contributed by atoms with E-state index in [0.717, 1.165) is 6.07 Å². The summed E-state index contributed by atoms with van der Waals surface area (Å²) in [6.07, 6.45) is -3.11. The number of nitrogens with zero attached hydrogens (tertiary/aromatic N) is 3. The van der Waals surface area contributed by atoms with Gasteiger partial charge in [0.1, 0.15) is 11.6 Å². The highest BCUT2D eigenvalue weighted by atomic mass is 35.5. The van der Waals surface area contributed by atoms with Crippen molar-refractivity contribution in [2.45, 2.75) is 6.43 Å². The molecule has 0 aliphatic heterocycles. The maximum absolute atomic E-state index is 12.4. The smallest absolute Gasteiger partial charge is 0.358 e. The van der Waals surface area contributed by atoms with Gasteiger partial charge in [0.25, 0.3) is 12.1 Å². The number of nitro groups is 1. The van der Waals surface area contributed by atoms with Gasteiger partial charge in [0, 0.05) is 6.07 Å². The number of hydrogen-bond acceptors (Lipinski definition) is 4. The van der Waals surface area contributed by atoms with Gasteiger partial charge in [-0.25, -0.2) is 8.78 Å². The second kappa shape index (κ2) is 4.14. The Bertz CT molecular complexity index is 458. The van der Waals surface area contributed by atoms with E-state index in [2.05, 4.69) is 4.98 Å². The number of alkyl halides is 2. The van der Waals surface area contributed by atoms with Gasteiger partial charge < -0.3 is 10.1 Å². The van der Waals surface area contributed by atoms with E-state index in [1.807, 2.05) is 0 Å². The number of halogens is 3. The van der Waals surface area contributed by atoms with Crippen LogP contribution in [0.2, 0.25) is 5.02 Å². The van der Waals surface area contributed by atoms with Crippen molar-refractivity contribution < 1.29 is 13.7 Å². The molecule has 0 atom stereocenters. The minimum Gasteiger partial charge on any atom is -0.358 e. The van der Waals surface area contributed by atoms with Crippen LogP contribution in [0.15, 0.2) is 6.07 Å². The summed E-state index contributed by atoms with van der Waals surface area (Å²) < 4.78 is 24.7. The molecule has 1 heterocycles. The molecule has 0 radical (unpaired) electrons. The van der Waals surface area contributed by atoms with Crippen molar-refractivity contribution in [1.29, 1.82) is 5.26 Å². The van der Waals surface area contributed by atoms with E-state index in [-0.39, 0.29) is 5.69 Å². The van der Waals surface area contributed by atoms with Crippen LogP contribution in [-0.4, -0.2) is 9.91 Å². The van der Waals surface area contributed by atoms with Gasteiger partial charge in [0.05, 0.1) is 5.02 Å². The van der Waals surface area contributed by atoms with Crippen molar-refractivity contribution in [2.75, 3.05) is 0 Å². The number of hydrogen-bond donors (Lipinski definition) is 0. The Morgan fingerprint density at radius 3 is 2.67 bits per heavy atom. The number of aromatic nitrogens is 1. The van der Waals surface area contributed by atoms with Crippen LogP contribution in [0.5, 0.6) is 0 Å². The van der Waals surface area contributed by atoms with E-state index in [1.165, 1.54) is 6.07 Å². The summed E-state index contributed by atoms with van der Waals surface area (Å²) in [6.45, 7) is 0. The van der Waals surface area contributed by atoms with Crippen LogP contribution in [-0.2, 0) is 0 Å². The zero-order valence-electron chi connectivity index (χ0n) is 6.95. The van der Waals surface area contributed by atoms with Gasteiger partial charge in [-0.05, 0) is 9.91 Å². The molecular weight excluding hydrogens is 232 g/mol. The van der Waals surface area contributed by atoms with E-state index in [4.69, 9.17) is 16.9 Å². The summed E-state index contributed by atoms with van der Waals surface area (Å²) in [6, 6.07) is 2.34. The van der Waals surface area contributed by atoms with Gasteiger partial charge >= 0.3 is 5.82 Å². The van der Waals surface area contributed by atoms with Crippen LogP contribution < -0.4 is 0 Å². The fraction of sp³-hybridized carbons (Fsp3) is 0.143. The van der Waals surface area contributed by atoms with Crippen LogP contribution in [0, 0.1) is 21.4 Å². The molecule has 8 heteroatoms. The lowest BCUT2D eigenvalue weighted by atomic mass is 10.2. The summed E-state index contributed by atoms with van der Waals surface area (Å²) >= 11 is 5.38. The molecule has 5 nitrogen and oxygen atoms in total. The molecule has 78 valence electrons. The lowest BCUT2D eigenvalue weighted by molar-refractivity contribution is -0.391. The molecule has 0 aliphatic rings. The van der Waals surface area contributed by atoms with Crippen LogP contribution in [0.4, 0.5) is 14.6 Å². The van der Waals surface area contributed by atoms with Gasteiger partial charge in [0.2, 0.25) is 0 Å². The topological polar surface area (TPSA) is 79.8 Å². The minimum atomic E-state index is -3.11. The molecule has 15 heavy (non-hydrogen) atoms.